The fourth-order valence-corrected chi connectivity index (χ4v) is 3.08. The number of nitrogens with zero attached hydrogens (tertiary/aromatic N) is 2. The molecule has 2 unspecified atom stereocenters. The minimum atomic E-state index is -0.668. The average molecular weight is 329 g/mol. The molecule has 2 heterocycles. The first kappa shape index (κ1) is 14.7. The van der Waals surface area contributed by atoms with E-state index in [9.17, 15) is 18.4 Å². The largest absolute Gasteiger partial charge is 0.329 e. The highest BCUT2D eigenvalue weighted by Crippen LogP contribution is 2.45. The van der Waals surface area contributed by atoms with Crippen LogP contribution in [0.4, 0.5) is 13.6 Å². The van der Waals surface area contributed by atoms with Gasteiger partial charge in [0.05, 0.1) is 12.2 Å². The maximum Gasteiger partial charge on any atom is 0.324 e. The second-order valence-electron chi connectivity index (χ2n) is 5.93. The molecule has 0 radical (unpaired) electrons. The van der Waals surface area contributed by atoms with Crippen LogP contribution in [0.15, 0.2) is 36.5 Å². The Bertz CT molecular complexity index is 822. The van der Waals surface area contributed by atoms with E-state index < -0.39 is 11.6 Å². The van der Waals surface area contributed by atoms with Crippen molar-refractivity contribution >= 4 is 11.9 Å². The molecule has 0 bridgehead atoms. The van der Waals surface area contributed by atoms with Gasteiger partial charge in [-0.2, -0.15) is 0 Å². The molecule has 1 aromatic carbocycles. The lowest BCUT2D eigenvalue weighted by Crippen LogP contribution is -2.33. The first-order valence-corrected chi connectivity index (χ1v) is 7.56. The third-order valence-electron chi connectivity index (χ3n) is 4.39. The van der Waals surface area contributed by atoms with E-state index in [-0.39, 0.29) is 36.0 Å². The molecule has 7 heteroatoms. The fourth-order valence-electron chi connectivity index (χ4n) is 3.08. The highest BCUT2D eigenvalue weighted by molar-refractivity contribution is 6.02. The Kier molecular flexibility index (Phi) is 3.30. The molecule has 2 aliphatic rings. The number of nitrogens with one attached hydrogen (secondary N) is 1. The molecule has 1 saturated heterocycles. The summed E-state index contributed by atoms with van der Waals surface area (Å²) in [6.45, 7) is 0.0447. The lowest BCUT2D eigenvalue weighted by Gasteiger charge is -2.12. The molecule has 24 heavy (non-hydrogen) atoms. The van der Waals surface area contributed by atoms with E-state index in [1.807, 2.05) is 0 Å². The number of amides is 3. The summed E-state index contributed by atoms with van der Waals surface area (Å²) >= 11 is 0. The van der Waals surface area contributed by atoms with Crippen molar-refractivity contribution in [3.8, 4) is 11.3 Å². The van der Waals surface area contributed by atoms with Crippen LogP contribution < -0.4 is 5.32 Å². The molecule has 1 aliphatic carbocycles. The summed E-state index contributed by atoms with van der Waals surface area (Å²) in [7, 11) is 0. The van der Waals surface area contributed by atoms with Crippen LogP contribution in [-0.2, 0) is 4.79 Å². The SMILES string of the molecule is O=C1CNC(=O)N1C1CC1c1ccc(-c2ccc(F)cc2F)nc1. The Hall–Kier alpha value is -2.83. The van der Waals surface area contributed by atoms with Gasteiger partial charge >= 0.3 is 6.03 Å². The van der Waals surface area contributed by atoms with Gasteiger partial charge in [-0.15, -0.1) is 0 Å². The zero-order valence-corrected chi connectivity index (χ0v) is 12.5. The molecule has 4 rings (SSSR count). The Morgan fingerprint density at radius 3 is 2.62 bits per heavy atom. The monoisotopic (exact) mass is 329 g/mol. The minimum absolute atomic E-state index is 0.0447. The molecular formula is C17H13F2N3O2. The van der Waals surface area contributed by atoms with Crippen LogP contribution >= 0.6 is 0 Å². The Balaban J connectivity index is 1.53. The van der Waals surface area contributed by atoms with Crippen molar-refractivity contribution in [2.45, 2.75) is 18.4 Å². The van der Waals surface area contributed by atoms with E-state index in [0.29, 0.717) is 12.1 Å². The van der Waals surface area contributed by atoms with E-state index in [0.717, 1.165) is 11.6 Å². The van der Waals surface area contributed by atoms with E-state index in [4.69, 9.17) is 0 Å². The van der Waals surface area contributed by atoms with Crippen LogP contribution in [0, 0.1) is 11.6 Å². The van der Waals surface area contributed by atoms with Crippen LogP contribution in [0.5, 0.6) is 0 Å². The summed E-state index contributed by atoms with van der Waals surface area (Å²) in [6, 6.07) is 6.31. The number of hydrogen-bond donors (Lipinski definition) is 1. The molecule has 1 N–H and O–H groups in total. The van der Waals surface area contributed by atoms with Crippen molar-refractivity contribution in [3.05, 3.63) is 53.7 Å². The summed E-state index contributed by atoms with van der Waals surface area (Å²) in [5.74, 6) is -1.47. The smallest absolute Gasteiger partial charge is 0.324 e. The van der Waals surface area contributed by atoms with Crippen LogP contribution in [0.25, 0.3) is 11.3 Å². The van der Waals surface area contributed by atoms with Crippen molar-refractivity contribution in [1.82, 2.24) is 15.2 Å². The lowest BCUT2D eigenvalue weighted by molar-refractivity contribution is -0.125. The number of rotatable bonds is 3. The van der Waals surface area contributed by atoms with Crippen molar-refractivity contribution in [2.24, 2.45) is 0 Å². The van der Waals surface area contributed by atoms with Gasteiger partial charge < -0.3 is 5.32 Å². The summed E-state index contributed by atoms with van der Waals surface area (Å²) in [5, 5.41) is 2.50. The highest BCUT2D eigenvalue weighted by atomic mass is 19.1. The zero-order valence-electron chi connectivity index (χ0n) is 12.5. The Morgan fingerprint density at radius 1 is 1.17 bits per heavy atom. The van der Waals surface area contributed by atoms with Crippen molar-refractivity contribution in [1.29, 1.82) is 0 Å². The summed E-state index contributed by atoms with van der Waals surface area (Å²) in [5.41, 5.74) is 1.52. The lowest BCUT2D eigenvalue weighted by atomic mass is 10.1. The van der Waals surface area contributed by atoms with E-state index in [1.165, 1.54) is 17.0 Å². The molecule has 2 fully saturated rings. The minimum Gasteiger partial charge on any atom is -0.329 e. The van der Waals surface area contributed by atoms with Crippen LogP contribution in [0.3, 0.4) is 0 Å². The third-order valence-corrected chi connectivity index (χ3v) is 4.39. The van der Waals surface area contributed by atoms with Gasteiger partial charge in [-0.25, -0.2) is 13.6 Å². The average Bonchev–Trinajstić information content (AvgIpc) is 3.26. The van der Waals surface area contributed by atoms with Gasteiger partial charge in [0.25, 0.3) is 0 Å². The molecule has 122 valence electrons. The number of benzene rings is 1. The molecule has 1 aliphatic heterocycles. The number of aromatic nitrogens is 1. The third kappa shape index (κ3) is 2.42. The Morgan fingerprint density at radius 2 is 2.00 bits per heavy atom. The number of urea groups is 1. The van der Waals surface area contributed by atoms with Crippen molar-refractivity contribution in [2.75, 3.05) is 6.54 Å². The molecule has 0 spiro atoms. The summed E-state index contributed by atoms with van der Waals surface area (Å²) < 4.78 is 26.8. The number of hydrogen-bond acceptors (Lipinski definition) is 3. The maximum atomic E-state index is 13.8. The van der Waals surface area contributed by atoms with Gasteiger partial charge in [0.1, 0.15) is 11.6 Å². The van der Waals surface area contributed by atoms with Crippen LogP contribution in [0.1, 0.15) is 17.9 Å². The maximum absolute atomic E-state index is 13.8. The summed E-state index contributed by atoms with van der Waals surface area (Å²) in [4.78, 5) is 28.9. The first-order valence-electron chi connectivity index (χ1n) is 7.56. The van der Waals surface area contributed by atoms with Gasteiger partial charge in [0.15, 0.2) is 0 Å². The van der Waals surface area contributed by atoms with Crippen molar-refractivity contribution < 1.29 is 18.4 Å². The Labute approximate surface area is 136 Å². The van der Waals surface area contributed by atoms with Gasteiger partial charge in [-0.05, 0) is 30.2 Å². The van der Waals surface area contributed by atoms with E-state index in [1.54, 1.807) is 18.3 Å². The van der Waals surface area contributed by atoms with Gasteiger partial charge in [-0.1, -0.05) is 6.07 Å². The normalized spacial score (nSPS) is 22.7. The molecule has 2 atom stereocenters. The molecular weight excluding hydrogens is 316 g/mol. The van der Waals surface area contributed by atoms with Crippen LogP contribution in [-0.4, -0.2) is 34.4 Å². The van der Waals surface area contributed by atoms with Gasteiger partial charge in [0, 0.05) is 29.8 Å². The number of halogens is 2. The van der Waals surface area contributed by atoms with E-state index >= 15 is 0 Å². The van der Waals surface area contributed by atoms with Gasteiger partial charge in [0.2, 0.25) is 5.91 Å². The molecule has 3 amide bonds. The number of carbonyl (C=O) groups is 2. The van der Waals surface area contributed by atoms with Gasteiger partial charge in [-0.3, -0.25) is 14.7 Å². The molecule has 1 aromatic heterocycles. The van der Waals surface area contributed by atoms with Crippen LogP contribution in [0.2, 0.25) is 0 Å². The number of imide groups is 1. The molecule has 5 nitrogen and oxygen atoms in total. The molecule has 1 saturated carbocycles. The number of carbonyl (C=O) groups excluding carboxylic acids is 2. The predicted octanol–water partition coefficient (Wildman–Crippen LogP) is 2.43. The predicted molar refractivity (Wildman–Crippen MR) is 81.0 cm³/mol. The second kappa shape index (κ2) is 5.36. The topological polar surface area (TPSA) is 62.3 Å². The zero-order chi connectivity index (χ0) is 16.8. The highest BCUT2D eigenvalue weighted by Gasteiger charge is 2.49. The fraction of sp³-hybridized carbons (Fsp3) is 0.235. The number of pyridine rings is 1. The molecule has 2 aromatic rings. The second-order valence-corrected chi connectivity index (χ2v) is 5.93. The first-order chi connectivity index (χ1) is 11.5. The van der Waals surface area contributed by atoms with E-state index in [2.05, 4.69) is 10.3 Å². The quantitative estimate of drug-likeness (QED) is 0.880. The van der Waals surface area contributed by atoms with Crippen molar-refractivity contribution in [3.63, 3.8) is 0 Å². The summed E-state index contributed by atoms with van der Waals surface area (Å²) in [6.07, 6.45) is 2.31. The standard InChI is InChI=1S/C17H13F2N3O2/c18-10-2-3-11(13(19)5-10)14-4-1-9(7-20-14)12-6-15(12)22-16(23)8-21-17(22)24/h1-5,7,12,15H,6,8H2,(H,21,24).